The van der Waals surface area contributed by atoms with Crippen LogP contribution in [0.15, 0.2) is 18.2 Å². The third-order valence-electron chi connectivity index (χ3n) is 4.48. The number of rotatable bonds is 15. The predicted octanol–water partition coefficient (Wildman–Crippen LogP) is 6.21. The molecular weight excluding hydrogens is 322 g/mol. The summed E-state index contributed by atoms with van der Waals surface area (Å²) in [5, 5.41) is 3.56. The molecule has 0 aliphatic rings. The Morgan fingerprint density at radius 3 is 2.23 bits per heavy atom. The van der Waals surface area contributed by atoms with Gasteiger partial charge in [0.2, 0.25) is 0 Å². The van der Waals surface area contributed by atoms with E-state index in [2.05, 4.69) is 58.1 Å². The second-order valence-electron chi connectivity index (χ2n) is 8.07. The van der Waals surface area contributed by atoms with Crippen LogP contribution >= 0.6 is 0 Å². The molecule has 0 unspecified atom stereocenters. The van der Waals surface area contributed by atoms with Crippen molar-refractivity contribution in [3.05, 3.63) is 23.8 Å². The molecule has 0 heterocycles. The van der Waals surface area contributed by atoms with Crippen LogP contribution in [0.1, 0.15) is 78.7 Å². The van der Waals surface area contributed by atoms with E-state index >= 15 is 0 Å². The molecule has 1 N–H and O–H groups in total. The molecule has 1 rings (SSSR count). The largest absolute Gasteiger partial charge is 0.493 e. The van der Waals surface area contributed by atoms with Crippen molar-refractivity contribution in [2.24, 2.45) is 11.8 Å². The highest BCUT2D eigenvalue weighted by atomic mass is 16.5. The summed E-state index contributed by atoms with van der Waals surface area (Å²) in [7, 11) is 0. The molecule has 150 valence electrons. The maximum absolute atomic E-state index is 6.09. The Morgan fingerprint density at radius 2 is 1.58 bits per heavy atom. The Bertz CT molecular complexity index is 471. The van der Waals surface area contributed by atoms with Gasteiger partial charge >= 0.3 is 0 Å². The summed E-state index contributed by atoms with van der Waals surface area (Å²) < 4.78 is 12.0. The van der Waals surface area contributed by atoms with E-state index in [1.165, 1.54) is 31.2 Å². The fourth-order valence-electron chi connectivity index (χ4n) is 2.62. The van der Waals surface area contributed by atoms with E-state index in [0.29, 0.717) is 11.8 Å². The second kappa shape index (κ2) is 13.9. The highest BCUT2D eigenvalue weighted by Gasteiger charge is 2.08. The van der Waals surface area contributed by atoms with Gasteiger partial charge in [-0.25, -0.2) is 0 Å². The minimum absolute atomic E-state index is 0.653. The number of nitrogens with one attached hydrogen (secondary N) is 1. The zero-order valence-corrected chi connectivity index (χ0v) is 17.8. The molecule has 0 aliphatic carbocycles. The number of ether oxygens (including phenoxy) is 2. The summed E-state index contributed by atoms with van der Waals surface area (Å²) >= 11 is 0. The van der Waals surface area contributed by atoms with Crippen molar-refractivity contribution in [1.29, 1.82) is 0 Å². The zero-order chi connectivity index (χ0) is 19.2. The summed E-state index contributed by atoms with van der Waals surface area (Å²) in [6.45, 7) is 14.6. The van der Waals surface area contributed by atoms with Gasteiger partial charge in [0.25, 0.3) is 0 Å². The topological polar surface area (TPSA) is 30.5 Å². The number of hydrogen-bond acceptors (Lipinski definition) is 3. The quantitative estimate of drug-likeness (QED) is 0.376. The lowest BCUT2D eigenvalue weighted by atomic mass is 10.1. The number of hydrogen-bond donors (Lipinski definition) is 1. The van der Waals surface area contributed by atoms with Crippen molar-refractivity contribution in [1.82, 2.24) is 5.32 Å². The average molecular weight is 364 g/mol. The molecular formula is C23H41NO2. The van der Waals surface area contributed by atoms with Gasteiger partial charge in [-0.15, -0.1) is 0 Å². The van der Waals surface area contributed by atoms with Crippen LogP contribution < -0.4 is 14.8 Å². The Morgan fingerprint density at radius 1 is 0.885 bits per heavy atom. The van der Waals surface area contributed by atoms with Crippen LogP contribution in [0.5, 0.6) is 11.5 Å². The third kappa shape index (κ3) is 10.7. The Kier molecular flexibility index (Phi) is 12.2. The lowest BCUT2D eigenvalue weighted by molar-refractivity contribution is 0.274. The summed E-state index contributed by atoms with van der Waals surface area (Å²) in [5.41, 5.74) is 1.22. The number of benzene rings is 1. The van der Waals surface area contributed by atoms with Crippen LogP contribution in [0.4, 0.5) is 0 Å². The van der Waals surface area contributed by atoms with E-state index in [4.69, 9.17) is 9.47 Å². The fourth-order valence-corrected chi connectivity index (χ4v) is 2.62. The lowest BCUT2D eigenvalue weighted by Crippen LogP contribution is -2.16. The van der Waals surface area contributed by atoms with Crippen LogP contribution in [0.2, 0.25) is 0 Å². The molecule has 1 aromatic rings. The molecule has 1 aromatic carbocycles. The molecule has 26 heavy (non-hydrogen) atoms. The van der Waals surface area contributed by atoms with Crippen LogP contribution in [0, 0.1) is 11.8 Å². The van der Waals surface area contributed by atoms with Gasteiger partial charge in [-0.05, 0) is 43.7 Å². The maximum Gasteiger partial charge on any atom is 0.127 e. The highest BCUT2D eigenvalue weighted by Crippen LogP contribution is 2.26. The van der Waals surface area contributed by atoms with Gasteiger partial charge in [-0.3, -0.25) is 0 Å². The average Bonchev–Trinajstić information content (AvgIpc) is 2.58. The Balaban J connectivity index is 2.58. The van der Waals surface area contributed by atoms with Gasteiger partial charge in [0.15, 0.2) is 0 Å². The van der Waals surface area contributed by atoms with Crippen molar-refractivity contribution in [3.8, 4) is 11.5 Å². The first-order valence-corrected chi connectivity index (χ1v) is 10.6. The van der Waals surface area contributed by atoms with E-state index in [-0.39, 0.29) is 0 Å². The minimum atomic E-state index is 0.653. The van der Waals surface area contributed by atoms with Crippen LogP contribution in [-0.2, 0) is 6.54 Å². The summed E-state index contributed by atoms with van der Waals surface area (Å²) in [5.74, 6) is 3.19. The first kappa shape index (κ1) is 22.8. The van der Waals surface area contributed by atoms with E-state index in [0.717, 1.165) is 50.6 Å². The Labute approximate surface area is 161 Å². The first-order chi connectivity index (χ1) is 12.5. The van der Waals surface area contributed by atoms with E-state index in [1.54, 1.807) is 0 Å². The van der Waals surface area contributed by atoms with Gasteiger partial charge < -0.3 is 14.8 Å². The predicted molar refractivity (Wildman–Crippen MR) is 112 cm³/mol. The van der Waals surface area contributed by atoms with E-state index < -0.39 is 0 Å². The highest BCUT2D eigenvalue weighted by molar-refractivity contribution is 5.40. The standard InChI is InChI=1S/C23H41NO2/c1-6-7-8-9-14-24-18-21-10-11-22(25-15-12-19(2)3)17-23(21)26-16-13-20(4)5/h10-11,17,19-20,24H,6-9,12-16,18H2,1-5H3. The molecule has 0 aromatic heterocycles. The SMILES string of the molecule is CCCCCCNCc1ccc(OCCC(C)C)cc1OCCC(C)C. The summed E-state index contributed by atoms with van der Waals surface area (Å²) in [4.78, 5) is 0. The van der Waals surface area contributed by atoms with Crippen LogP contribution in [0.3, 0.4) is 0 Å². The summed E-state index contributed by atoms with van der Waals surface area (Å²) in [6.07, 6.45) is 7.31. The van der Waals surface area contributed by atoms with E-state index in [9.17, 15) is 0 Å². The lowest BCUT2D eigenvalue weighted by Gasteiger charge is -2.16. The molecule has 3 nitrogen and oxygen atoms in total. The molecule has 0 radical (unpaired) electrons. The zero-order valence-electron chi connectivity index (χ0n) is 17.8. The number of unbranched alkanes of at least 4 members (excludes halogenated alkanes) is 3. The molecule has 0 amide bonds. The van der Waals surface area contributed by atoms with Gasteiger partial charge in [-0.1, -0.05) is 59.9 Å². The minimum Gasteiger partial charge on any atom is -0.493 e. The van der Waals surface area contributed by atoms with Gasteiger partial charge in [-0.2, -0.15) is 0 Å². The smallest absolute Gasteiger partial charge is 0.127 e. The van der Waals surface area contributed by atoms with Gasteiger partial charge in [0.1, 0.15) is 11.5 Å². The van der Waals surface area contributed by atoms with Crippen molar-refractivity contribution in [2.45, 2.75) is 79.7 Å². The molecule has 0 atom stereocenters. The fraction of sp³-hybridized carbons (Fsp3) is 0.739. The van der Waals surface area contributed by atoms with Crippen LogP contribution in [0.25, 0.3) is 0 Å². The normalized spacial score (nSPS) is 11.3. The summed E-state index contributed by atoms with van der Waals surface area (Å²) in [6, 6.07) is 6.28. The molecule has 0 saturated carbocycles. The van der Waals surface area contributed by atoms with Crippen molar-refractivity contribution >= 4 is 0 Å². The molecule has 0 bridgehead atoms. The molecule has 0 saturated heterocycles. The van der Waals surface area contributed by atoms with Crippen molar-refractivity contribution < 1.29 is 9.47 Å². The van der Waals surface area contributed by atoms with Crippen molar-refractivity contribution in [2.75, 3.05) is 19.8 Å². The molecule has 0 fully saturated rings. The van der Waals surface area contributed by atoms with Crippen LogP contribution in [-0.4, -0.2) is 19.8 Å². The third-order valence-corrected chi connectivity index (χ3v) is 4.48. The first-order valence-electron chi connectivity index (χ1n) is 10.6. The monoisotopic (exact) mass is 363 g/mol. The second-order valence-corrected chi connectivity index (χ2v) is 8.07. The Hall–Kier alpha value is -1.22. The molecule has 0 aliphatic heterocycles. The maximum atomic E-state index is 6.09. The molecule has 3 heteroatoms. The molecule has 0 spiro atoms. The van der Waals surface area contributed by atoms with Crippen molar-refractivity contribution in [3.63, 3.8) is 0 Å². The van der Waals surface area contributed by atoms with Gasteiger partial charge in [0.05, 0.1) is 13.2 Å². The van der Waals surface area contributed by atoms with E-state index in [1.807, 2.05) is 0 Å². The van der Waals surface area contributed by atoms with Gasteiger partial charge in [0, 0.05) is 18.2 Å².